The lowest BCUT2D eigenvalue weighted by Crippen LogP contribution is -2.03. The Labute approximate surface area is 104 Å². The minimum absolute atomic E-state index is 1.07. The van der Waals surface area contributed by atoms with Crippen molar-refractivity contribution in [3.8, 4) is 0 Å². The third kappa shape index (κ3) is 3.45. The van der Waals surface area contributed by atoms with Gasteiger partial charge in [-0.1, -0.05) is 74.0 Å². The van der Waals surface area contributed by atoms with Gasteiger partial charge in [0.25, 0.3) is 0 Å². The molecule has 1 radical (unpaired) electrons. The second-order valence-corrected chi connectivity index (χ2v) is 4.38. The van der Waals surface area contributed by atoms with Crippen molar-refractivity contribution in [2.45, 2.75) is 26.2 Å². The molecular weight excluding hydrogens is 204 g/mol. The first-order valence-electron chi connectivity index (χ1n) is 6.34. The number of hydrogen-bond acceptors (Lipinski definition) is 0. The smallest absolute Gasteiger partial charge is 0.00932 e. The molecule has 2 rings (SSSR count). The molecule has 0 saturated carbocycles. The number of rotatable bonds is 5. The summed E-state index contributed by atoms with van der Waals surface area (Å²) in [6, 6.07) is 21.5. The van der Waals surface area contributed by atoms with Gasteiger partial charge < -0.3 is 0 Å². The molecule has 0 saturated heterocycles. The monoisotopic (exact) mass is 223 g/mol. The molecule has 87 valence electrons. The second kappa shape index (κ2) is 6.24. The highest BCUT2D eigenvalue weighted by molar-refractivity contribution is 5.34. The third-order valence-electron chi connectivity index (χ3n) is 2.99. The minimum Gasteiger partial charge on any atom is -0.0653 e. The van der Waals surface area contributed by atoms with Crippen molar-refractivity contribution in [2.75, 3.05) is 0 Å². The van der Waals surface area contributed by atoms with Gasteiger partial charge in [0.05, 0.1) is 0 Å². The fraction of sp³-hybridized carbons (Fsp3) is 0.235. The van der Waals surface area contributed by atoms with Crippen LogP contribution in [0, 0.1) is 5.92 Å². The molecule has 0 aliphatic carbocycles. The Balaban J connectivity index is 2.13. The molecule has 0 N–H and O–H groups in total. The van der Waals surface area contributed by atoms with E-state index in [1.807, 2.05) is 0 Å². The Morgan fingerprint density at radius 3 is 2.00 bits per heavy atom. The minimum atomic E-state index is 1.07. The van der Waals surface area contributed by atoms with Crippen molar-refractivity contribution in [3.05, 3.63) is 77.7 Å². The number of benzene rings is 2. The molecule has 2 aromatic rings. The average molecular weight is 223 g/mol. The van der Waals surface area contributed by atoms with Crippen molar-refractivity contribution in [1.29, 1.82) is 0 Å². The normalized spacial score (nSPS) is 10.7. The van der Waals surface area contributed by atoms with Gasteiger partial charge in [-0.05, 0) is 24.0 Å². The van der Waals surface area contributed by atoms with Gasteiger partial charge in [-0.3, -0.25) is 0 Å². The van der Waals surface area contributed by atoms with Gasteiger partial charge >= 0.3 is 0 Å². The summed E-state index contributed by atoms with van der Waals surface area (Å²) in [5, 5.41) is 0. The summed E-state index contributed by atoms with van der Waals surface area (Å²) in [5.41, 5.74) is 2.79. The Bertz CT molecular complexity index is 416. The first kappa shape index (κ1) is 11.9. The summed E-state index contributed by atoms with van der Waals surface area (Å²) < 4.78 is 0. The zero-order valence-electron chi connectivity index (χ0n) is 10.4. The Kier molecular flexibility index (Phi) is 4.37. The van der Waals surface area contributed by atoms with Crippen molar-refractivity contribution >= 4 is 0 Å². The lowest BCUT2D eigenvalue weighted by molar-refractivity contribution is 0.783. The molecule has 0 unspecified atom stereocenters. The highest BCUT2D eigenvalue weighted by Crippen LogP contribution is 2.24. The molecule has 0 nitrogen and oxygen atoms in total. The zero-order chi connectivity index (χ0) is 11.9. The van der Waals surface area contributed by atoms with Crippen LogP contribution in [0.5, 0.6) is 0 Å². The summed E-state index contributed by atoms with van der Waals surface area (Å²) in [6.45, 7) is 2.24. The van der Waals surface area contributed by atoms with Gasteiger partial charge in [0, 0.05) is 5.92 Å². The van der Waals surface area contributed by atoms with E-state index in [1.54, 1.807) is 5.92 Å². The van der Waals surface area contributed by atoms with E-state index in [0.717, 1.165) is 6.42 Å². The van der Waals surface area contributed by atoms with E-state index >= 15 is 0 Å². The third-order valence-corrected chi connectivity index (χ3v) is 2.99. The van der Waals surface area contributed by atoms with Crippen molar-refractivity contribution in [3.63, 3.8) is 0 Å². The molecule has 0 aliphatic rings. The highest BCUT2D eigenvalue weighted by Gasteiger charge is 2.11. The fourth-order valence-electron chi connectivity index (χ4n) is 2.15. The zero-order valence-corrected chi connectivity index (χ0v) is 10.4. The fourth-order valence-corrected chi connectivity index (χ4v) is 2.15. The molecule has 0 bridgehead atoms. The van der Waals surface area contributed by atoms with Crippen LogP contribution >= 0.6 is 0 Å². The van der Waals surface area contributed by atoms with Crippen LogP contribution in [0.3, 0.4) is 0 Å². The first-order valence-corrected chi connectivity index (χ1v) is 6.34. The van der Waals surface area contributed by atoms with Crippen LogP contribution < -0.4 is 0 Å². The van der Waals surface area contributed by atoms with Crippen LogP contribution in [0.4, 0.5) is 0 Å². The topological polar surface area (TPSA) is 0 Å². The van der Waals surface area contributed by atoms with Crippen LogP contribution in [0.15, 0.2) is 60.7 Å². The van der Waals surface area contributed by atoms with Gasteiger partial charge in [0.15, 0.2) is 0 Å². The molecule has 0 amide bonds. The van der Waals surface area contributed by atoms with Crippen molar-refractivity contribution in [1.82, 2.24) is 0 Å². The molecule has 17 heavy (non-hydrogen) atoms. The van der Waals surface area contributed by atoms with Gasteiger partial charge in [-0.2, -0.15) is 0 Å². The summed E-state index contributed by atoms with van der Waals surface area (Å²) >= 11 is 0. The average Bonchev–Trinajstić information content (AvgIpc) is 2.40. The predicted octanol–water partition coefficient (Wildman–Crippen LogP) is 4.65. The molecule has 0 heteroatoms. The quantitative estimate of drug-likeness (QED) is 0.692. The van der Waals surface area contributed by atoms with Gasteiger partial charge in [-0.25, -0.2) is 0 Å². The second-order valence-electron chi connectivity index (χ2n) is 4.38. The SMILES string of the molecule is CCC[C](Cc1ccccc1)c1ccccc1. The maximum Gasteiger partial charge on any atom is 0.00932 e. The van der Waals surface area contributed by atoms with E-state index in [-0.39, 0.29) is 0 Å². The van der Waals surface area contributed by atoms with Crippen LogP contribution in [0.2, 0.25) is 0 Å². The molecule has 0 aliphatic heterocycles. The van der Waals surface area contributed by atoms with Crippen LogP contribution in [-0.4, -0.2) is 0 Å². The van der Waals surface area contributed by atoms with Gasteiger partial charge in [0.1, 0.15) is 0 Å². The largest absolute Gasteiger partial charge is 0.0653 e. The summed E-state index contributed by atoms with van der Waals surface area (Å²) in [7, 11) is 0. The molecule has 0 aromatic heterocycles. The van der Waals surface area contributed by atoms with E-state index in [0.29, 0.717) is 0 Å². The molecule has 0 fully saturated rings. The molecule has 0 spiro atoms. The lowest BCUT2D eigenvalue weighted by Gasteiger charge is -2.16. The summed E-state index contributed by atoms with van der Waals surface area (Å²) in [4.78, 5) is 0. The molecule has 2 aromatic carbocycles. The Morgan fingerprint density at radius 2 is 1.41 bits per heavy atom. The highest BCUT2D eigenvalue weighted by atomic mass is 14.1. The molecule has 0 heterocycles. The summed E-state index contributed by atoms with van der Waals surface area (Å²) in [6.07, 6.45) is 3.45. The van der Waals surface area contributed by atoms with Crippen molar-refractivity contribution in [2.24, 2.45) is 0 Å². The van der Waals surface area contributed by atoms with Gasteiger partial charge in [0.2, 0.25) is 0 Å². The van der Waals surface area contributed by atoms with E-state index in [9.17, 15) is 0 Å². The first-order chi connectivity index (χ1) is 8.40. The lowest BCUT2D eigenvalue weighted by atomic mass is 9.88. The Morgan fingerprint density at radius 1 is 0.824 bits per heavy atom. The van der Waals surface area contributed by atoms with Crippen LogP contribution in [0.1, 0.15) is 30.9 Å². The molecule has 0 atom stereocenters. The summed E-state index contributed by atoms with van der Waals surface area (Å²) in [5.74, 6) is 1.54. The standard InChI is InChI=1S/C17H19/c1-2-9-17(16-12-7-4-8-13-16)14-15-10-5-3-6-11-15/h3-8,10-13H,2,9,14H2,1H3. The van der Waals surface area contributed by atoms with E-state index in [4.69, 9.17) is 0 Å². The Hall–Kier alpha value is -1.56. The van der Waals surface area contributed by atoms with Gasteiger partial charge in [-0.15, -0.1) is 0 Å². The predicted molar refractivity (Wildman–Crippen MR) is 73.8 cm³/mol. The maximum absolute atomic E-state index is 2.24. The maximum atomic E-state index is 2.24. The van der Waals surface area contributed by atoms with E-state index in [2.05, 4.69) is 67.6 Å². The van der Waals surface area contributed by atoms with Crippen LogP contribution in [0.25, 0.3) is 0 Å². The van der Waals surface area contributed by atoms with E-state index in [1.165, 1.54) is 24.0 Å². The van der Waals surface area contributed by atoms with E-state index < -0.39 is 0 Å². The van der Waals surface area contributed by atoms with Crippen molar-refractivity contribution < 1.29 is 0 Å². The molecular formula is C17H19. The van der Waals surface area contributed by atoms with Crippen LogP contribution in [-0.2, 0) is 6.42 Å². The number of hydrogen-bond donors (Lipinski definition) is 0.